The van der Waals surface area contributed by atoms with Crippen molar-refractivity contribution in [2.75, 3.05) is 103 Å². The molecule has 51 heteroatoms. The van der Waals surface area contributed by atoms with Gasteiger partial charge in [0.1, 0.15) is 46.7 Å². The van der Waals surface area contributed by atoms with Gasteiger partial charge < -0.3 is 46.7 Å². The quantitative estimate of drug-likeness (QED) is 0.0222. The molecular formula is C94H75Cl4F4N17O18S8. The van der Waals surface area contributed by atoms with Crippen LogP contribution in [0, 0.1) is 23.3 Å². The third-order valence-electron chi connectivity index (χ3n) is 22.5. The van der Waals surface area contributed by atoms with E-state index in [2.05, 4.69) is 47.1 Å². The monoisotopic (exact) mass is 2200 g/mol. The van der Waals surface area contributed by atoms with E-state index < -0.39 is 98.6 Å². The number of carbonyl (C=O) groups is 4. The van der Waals surface area contributed by atoms with E-state index in [0.29, 0.717) is 51.4 Å². The van der Waals surface area contributed by atoms with Crippen molar-refractivity contribution in [1.29, 1.82) is 0 Å². The van der Waals surface area contributed by atoms with Crippen LogP contribution in [0.1, 0.15) is 23.1 Å². The number of hydrogen-bond donors (Lipinski definition) is 11. The molecule has 0 aliphatic carbocycles. The molecule has 0 unspecified atom stereocenters. The Morgan fingerprint density at radius 2 is 0.766 bits per heavy atom. The lowest BCUT2D eigenvalue weighted by Gasteiger charge is -2.26. The molecule has 145 heavy (non-hydrogen) atoms. The van der Waals surface area contributed by atoms with Crippen molar-refractivity contribution in [3.8, 4) is 22.7 Å². The Bertz CT molecular complexity index is 8550. The molecule has 35 nitrogen and oxygen atoms in total. The molecule has 0 spiro atoms. The largest absolute Gasteiger partial charge is 0.476 e. The van der Waals surface area contributed by atoms with Crippen LogP contribution in [0.2, 0.25) is 17.3 Å². The molecule has 0 saturated carbocycles. The van der Waals surface area contributed by atoms with Crippen molar-refractivity contribution >= 4 is 245 Å². The molecule has 1 fully saturated rings. The summed E-state index contributed by atoms with van der Waals surface area (Å²) in [5, 5.41) is 23.7. The number of sulfonamides is 4. The number of ether oxygens (including phenoxy) is 2. The van der Waals surface area contributed by atoms with E-state index in [0.717, 1.165) is 190 Å². The van der Waals surface area contributed by atoms with Gasteiger partial charge in [0.05, 0.1) is 59.9 Å². The average Bonchev–Trinajstić information content (AvgIpc) is 1.74. The summed E-state index contributed by atoms with van der Waals surface area (Å²) in [4.78, 5) is 108. The van der Waals surface area contributed by atoms with Crippen LogP contribution in [0.15, 0.2) is 272 Å². The summed E-state index contributed by atoms with van der Waals surface area (Å²) in [6, 6.07) is 45.9. The number of fused-ring (bicyclic) bond motifs is 7. The Kier molecular flexibility index (Phi) is 30.7. The highest BCUT2D eigenvalue weighted by molar-refractivity contribution is 7.93. The number of urea groups is 4. The molecule has 4 aliphatic rings. The maximum Gasteiger partial charge on any atom is 0.333 e. The minimum atomic E-state index is -4.14. The second kappa shape index (κ2) is 43.5. The Morgan fingerprint density at radius 3 is 1.18 bits per heavy atom. The topological polar surface area (TPSA) is 459 Å². The number of benzene rings is 8. The predicted octanol–water partition coefficient (Wildman–Crippen LogP) is 17.3. The van der Waals surface area contributed by atoms with Crippen LogP contribution in [0.4, 0.5) is 76.6 Å². The fourth-order valence-electron chi connectivity index (χ4n) is 15.8. The maximum absolute atomic E-state index is 15.1. The van der Waals surface area contributed by atoms with Crippen molar-refractivity contribution in [1.82, 2.24) is 42.1 Å². The standard InChI is InChI=1S/C27H27ClFN5O5S2.C23H16ClFN4O5S2.2C22H16ClFN4O4S2/c28-24-6-7-25(40-24)41(37,38)32-27(36)31-20-3-5-23(22(29)17-20)34-11-8-18-16-19(2-4-21(18)26(34)35)30-9-1-10-33-12-14-39-15-13-33;24-19-5-6-20(35-19)36(32,33)28-23(31)27-15-2-4-18(17(25)12-15)29-9-7-13-11-14(21-26-8-10-34-21)1-3-16(13)22(29)30;23-19-5-6-20(33-19)34(31,32)27-22(30)26-12-1-4-18(16(24)11-12)28-10-8-13-14-7-9-25-17(14)3-2-15(13)21(28)29;23-19-3-4-20(33-19)34(31,32)27-22(30)26-14-1-2-18(16(24)11-14)28-8-6-12-10-17-13(5-7-25-17)9-15(12)21(28)29/h2-8,11,16-17,30H,1,9-10,12-15H2,(H2,31,32,36);1-7,9,11-12H,8,10H2,(H2,27,28,31);1-6,8,10-11,25H,7,9H2,(H2,26,27,30);1-4,6,8-11,25H,5,7H2,(H2,26,27,30). The van der Waals surface area contributed by atoms with Crippen molar-refractivity contribution in [2.45, 2.75) is 36.1 Å². The van der Waals surface area contributed by atoms with Gasteiger partial charge in [-0.1, -0.05) is 46.4 Å². The molecule has 11 N–H and O–H groups in total. The first-order valence-corrected chi connectivity index (χ1v) is 54.0. The molecule has 0 radical (unpaired) electrons. The smallest absolute Gasteiger partial charge is 0.333 e. The summed E-state index contributed by atoms with van der Waals surface area (Å²) in [6.45, 7) is 7.94. The van der Waals surface area contributed by atoms with Gasteiger partial charge in [-0.15, -0.1) is 45.3 Å². The second-order valence-electron chi connectivity index (χ2n) is 32.0. The lowest BCUT2D eigenvalue weighted by atomic mass is 10.0. The summed E-state index contributed by atoms with van der Waals surface area (Å²) >= 11 is 26.1. The number of aliphatic imine (C=N–C) groups is 1. The van der Waals surface area contributed by atoms with Crippen LogP contribution < -0.4 is 78.3 Å². The van der Waals surface area contributed by atoms with Crippen LogP contribution in [-0.4, -0.2) is 152 Å². The van der Waals surface area contributed by atoms with Gasteiger partial charge in [0, 0.05) is 124 Å². The number of aromatic nitrogens is 4. The van der Waals surface area contributed by atoms with E-state index in [-0.39, 0.29) is 90.8 Å². The Labute approximate surface area is 856 Å². The highest BCUT2D eigenvalue weighted by Crippen LogP contribution is 2.35. The Hall–Kier alpha value is -14.1. The number of amides is 8. The first kappa shape index (κ1) is 102. The van der Waals surface area contributed by atoms with Crippen LogP contribution >= 0.6 is 91.8 Å². The fourth-order valence-corrected chi connectivity index (χ4v) is 25.3. The van der Waals surface area contributed by atoms with Gasteiger partial charge in [-0.3, -0.25) is 42.3 Å². The zero-order valence-corrected chi connectivity index (χ0v) is 84.0. The van der Waals surface area contributed by atoms with Gasteiger partial charge in [-0.2, -0.15) is 0 Å². The molecule has 0 atom stereocenters. The van der Waals surface area contributed by atoms with Crippen LogP contribution in [0.3, 0.4) is 0 Å². The summed E-state index contributed by atoms with van der Waals surface area (Å²) in [6.07, 6.45) is 8.54. The molecule has 20 rings (SSSR count). The van der Waals surface area contributed by atoms with Gasteiger partial charge in [0.15, 0.2) is 0 Å². The Balaban J connectivity index is 0.000000133. The molecule has 4 aliphatic heterocycles. The second-order valence-corrected chi connectivity index (χ2v) is 46.5. The first-order valence-electron chi connectivity index (χ1n) is 43.3. The normalized spacial score (nSPS) is 13.4. The number of nitrogens with one attached hydrogen (secondary N) is 11. The highest BCUT2D eigenvalue weighted by Gasteiger charge is 2.29. The van der Waals surface area contributed by atoms with Gasteiger partial charge in [-0.25, -0.2) is 94.3 Å². The van der Waals surface area contributed by atoms with Gasteiger partial charge in [0.25, 0.3) is 62.3 Å². The number of halogens is 8. The number of nitrogens with zero attached hydrogens (tertiary/aromatic N) is 6. The van der Waals surface area contributed by atoms with E-state index in [9.17, 15) is 85.2 Å². The number of anilines is 7. The average molecular weight is 2210 g/mol. The highest BCUT2D eigenvalue weighted by atomic mass is 35.5. The zero-order chi connectivity index (χ0) is 103. The number of rotatable bonds is 22. The number of thiophene rings is 4. The summed E-state index contributed by atoms with van der Waals surface area (Å²) in [7, 11) is -16.5. The number of morpholine rings is 1. The molecular weight excluding hydrogens is 2130 g/mol. The molecule has 16 aromatic rings. The summed E-state index contributed by atoms with van der Waals surface area (Å²) in [5.74, 6) is -2.60. The van der Waals surface area contributed by atoms with Gasteiger partial charge >= 0.3 is 24.1 Å². The molecule has 1 saturated heterocycles. The number of pyridine rings is 4. The SMILES string of the molecule is O=C(Nc1ccc(-n2ccc3c4c(ccc3c2=O)NCC4)c(F)c1)NS(=O)(=O)c1ccc(Cl)s1.O=C(Nc1ccc(-n2ccc3cc(C4=NCCO4)ccc3c2=O)c(F)c1)NS(=O)(=O)c1ccc(Cl)s1.O=C(Nc1ccc(-n2ccc3cc(NCCCN4CCOCC4)ccc3c2=O)c(F)c1)NS(=O)(=O)c1ccc(Cl)s1.O=C(Nc1ccc(-n2ccc3cc4c(cc3c2=O)CCN4)c(F)c1)NS(=O)(=O)c1ccc(Cl)s1. The maximum atomic E-state index is 15.1. The molecule has 8 amide bonds. The Morgan fingerprint density at radius 1 is 0.386 bits per heavy atom. The van der Waals surface area contributed by atoms with E-state index in [1.807, 2.05) is 49.2 Å². The van der Waals surface area contributed by atoms with Crippen molar-refractivity contribution in [3.63, 3.8) is 0 Å². The predicted molar refractivity (Wildman–Crippen MR) is 555 cm³/mol. The first-order chi connectivity index (χ1) is 69.3. The minimum Gasteiger partial charge on any atom is -0.476 e. The number of carbonyl (C=O) groups excluding carboxylic acids is 4. The lowest BCUT2D eigenvalue weighted by molar-refractivity contribution is 0.0378. The van der Waals surface area contributed by atoms with Crippen LogP contribution in [-0.2, 0) is 62.4 Å². The lowest BCUT2D eigenvalue weighted by Crippen LogP contribution is -2.37. The van der Waals surface area contributed by atoms with E-state index in [4.69, 9.17) is 55.9 Å². The van der Waals surface area contributed by atoms with Crippen molar-refractivity contribution in [2.24, 2.45) is 4.99 Å². The van der Waals surface area contributed by atoms with E-state index >= 15 is 4.39 Å². The molecule has 12 heterocycles. The zero-order valence-electron chi connectivity index (χ0n) is 74.5. The molecule has 8 aromatic heterocycles. The van der Waals surface area contributed by atoms with Crippen molar-refractivity contribution in [3.05, 3.63) is 330 Å². The van der Waals surface area contributed by atoms with Gasteiger partial charge in [-0.05, 0) is 265 Å². The fraction of sp³-hybridized carbons (Fsp3) is 0.138. The van der Waals surface area contributed by atoms with Gasteiger partial charge in [0.2, 0.25) is 5.90 Å². The minimum absolute atomic E-state index is 0.00124. The third kappa shape index (κ3) is 23.8. The number of hydrogen-bond acceptors (Lipinski definition) is 27. The summed E-state index contributed by atoms with van der Waals surface area (Å²) < 4.78 is 181. The van der Waals surface area contributed by atoms with Crippen molar-refractivity contribution < 1.29 is 79.9 Å². The van der Waals surface area contributed by atoms with E-state index in [1.54, 1.807) is 54.6 Å². The molecule has 0 bridgehead atoms. The van der Waals surface area contributed by atoms with Crippen LogP contribution in [0.25, 0.3) is 65.8 Å². The third-order valence-corrected chi connectivity index (χ3v) is 34.7. The molecule has 748 valence electrons. The molecule has 8 aromatic carbocycles. The van der Waals surface area contributed by atoms with Crippen LogP contribution in [0.5, 0.6) is 0 Å². The van der Waals surface area contributed by atoms with E-state index in [1.165, 1.54) is 136 Å². The summed E-state index contributed by atoms with van der Waals surface area (Å²) in [5.41, 5.74) is 4.09.